The molecule has 0 saturated carbocycles. The van der Waals surface area contributed by atoms with E-state index in [1.807, 2.05) is 5.38 Å². The van der Waals surface area contributed by atoms with Crippen molar-refractivity contribution in [2.75, 3.05) is 11.9 Å². The van der Waals surface area contributed by atoms with Crippen LogP contribution in [0.3, 0.4) is 0 Å². The van der Waals surface area contributed by atoms with Crippen molar-refractivity contribution in [3.63, 3.8) is 0 Å². The van der Waals surface area contributed by atoms with Gasteiger partial charge in [-0.1, -0.05) is 0 Å². The zero-order valence-corrected chi connectivity index (χ0v) is 11.7. The largest absolute Gasteiger partial charge is 0.330 e. The first-order valence-corrected chi connectivity index (χ1v) is 7.41. The van der Waals surface area contributed by atoms with Gasteiger partial charge in [-0.3, -0.25) is 4.79 Å². The van der Waals surface area contributed by atoms with Crippen LogP contribution < -0.4 is 11.1 Å². The van der Waals surface area contributed by atoms with Gasteiger partial charge in [-0.25, -0.2) is 4.98 Å². The summed E-state index contributed by atoms with van der Waals surface area (Å²) in [5, 5.41) is 5.40. The van der Waals surface area contributed by atoms with Gasteiger partial charge in [-0.15, -0.1) is 22.7 Å². The van der Waals surface area contributed by atoms with E-state index in [0.29, 0.717) is 24.5 Å². The Morgan fingerprint density at radius 1 is 1.50 bits per heavy atom. The summed E-state index contributed by atoms with van der Waals surface area (Å²) >= 11 is 3.15. The van der Waals surface area contributed by atoms with E-state index in [2.05, 4.69) is 29.4 Å². The van der Waals surface area contributed by atoms with Crippen molar-refractivity contribution in [1.82, 2.24) is 4.98 Å². The maximum Gasteiger partial charge on any atom is 0.226 e. The highest BCUT2D eigenvalue weighted by Crippen LogP contribution is 2.30. The van der Waals surface area contributed by atoms with Crippen LogP contribution in [0.5, 0.6) is 0 Å². The Kier molecular flexibility index (Phi) is 4.46. The molecule has 6 heteroatoms. The summed E-state index contributed by atoms with van der Waals surface area (Å²) in [5.41, 5.74) is 6.28. The number of aromatic nitrogens is 1. The highest BCUT2D eigenvalue weighted by molar-refractivity contribution is 7.17. The molecule has 18 heavy (non-hydrogen) atoms. The van der Waals surface area contributed by atoms with Gasteiger partial charge < -0.3 is 11.1 Å². The summed E-state index contributed by atoms with van der Waals surface area (Å²) in [6.45, 7) is 2.60. The number of nitrogens with zero attached hydrogens (tertiary/aromatic N) is 1. The molecule has 4 nitrogen and oxygen atoms in total. The summed E-state index contributed by atoms with van der Waals surface area (Å²) in [5.74, 6) is -0.0243. The summed E-state index contributed by atoms with van der Waals surface area (Å²) in [7, 11) is 0. The maximum absolute atomic E-state index is 11.5. The second-order valence-corrected chi connectivity index (χ2v) is 6.03. The third-order valence-electron chi connectivity index (χ3n) is 2.35. The first kappa shape index (κ1) is 13.2. The molecule has 0 aliphatic carbocycles. The molecule has 96 valence electrons. The number of rotatable bonds is 5. The fourth-order valence-electron chi connectivity index (χ4n) is 1.46. The molecule has 0 aromatic carbocycles. The predicted octanol–water partition coefficient (Wildman–Crippen LogP) is 2.86. The number of thiazole rings is 1. The number of hydrogen-bond acceptors (Lipinski definition) is 5. The lowest BCUT2D eigenvalue weighted by Gasteiger charge is -1.99. The van der Waals surface area contributed by atoms with Gasteiger partial charge in [0.1, 0.15) is 0 Å². The number of nitrogens with two attached hydrogens (primary N) is 1. The molecule has 3 N–H and O–H groups in total. The van der Waals surface area contributed by atoms with Gasteiger partial charge in [0, 0.05) is 16.7 Å². The molecule has 2 aromatic heterocycles. The molecule has 0 aliphatic heterocycles. The van der Waals surface area contributed by atoms with Crippen LogP contribution in [0.15, 0.2) is 17.5 Å². The third kappa shape index (κ3) is 3.38. The van der Waals surface area contributed by atoms with Gasteiger partial charge in [0.25, 0.3) is 0 Å². The van der Waals surface area contributed by atoms with Crippen LogP contribution in [0.2, 0.25) is 0 Å². The molecule has 2 rings (SSSR count). The van der Waals surface area contributed by atoms with E-state index >= 15 is 0 Å². The fourth-order valence-corrected chi connectivity index (χ4v) is 3.09. The normalized spacial score (nSPS) is 10.6. The smallest absolute Gasteiger partial charge is 0.226 e. The SMILES string of the molecule is Cc1ccc(-c2csc(NC(=O)CCCN)n2)s1. The lowest BCUT2D eigenvalue weighted by atomic mass is 10.3. The molecular formula is C12H15N3OS2. The Hall–Kier alpha value is -1.24. The number of anilines is 1. The zero-order valence-electron chi connectivity index (χ0n) is 10.1. The quantitative estimate of drug-likeness (QED) is 0.885. The van der Waals surface area contributed by atoms with E-state index in [4.69, 9.17) is 5.73 Å². The lowest BCUT2D eigenvalue weighted by Crippen LogP contribution is -2.13. The van der Waals surface area contributed by atoms with Crippen LogP contribution in [0.4, 0.5) is 5.13 Å². The van der Waals surface area contributed by atoms with E-state index in [0.717, 1.165) is 10.6 Å². The summed E-state index contributed by atoms with van der Waals surface area (Å²) < 4.78 is 0. The van der Waals surface area contributed by atoms with E-state index in [-0.39, 0.29) is 5.91 Å². The Labute approximate surface area is 114 Å². The zero-order chi connectivity index (χ0) is 13.0. The number of aryl methyl sites for hydroxylation is 1. The van der Waals surface area contributed by atoms with Crippen LogP contribution in [0.25, 0.3) is 10.6 Å². The minimum atomic E-state index is -0.0243. The van der Waals surface area contributed by atoms with Gasteiger partial charge in [0.2, 0.25) is 5.91 Å². The molecule has 1 amide bonds. The average Bonchev–Trinajstić information content (AvgIpc) is 2.95. The van der Waals surface area contributed by atoms with Crippen molar-refractivity contribution in [2.24, 2.45) is 5.73 Å². The van der Waals surface area contributed by atoms with Crippen LogP contribution in [0.1, 0.15) is 17.7 Å². The molecule has 0 radical (unpaired) electrons. The van der Waals surface area contributed by atoms with E-state index in [1.54, 1.807) is 11.3 Å². The first-order chi connectivity index (χ1) is 8.69. The van der Waals surface area contributed by atoms with Crippen molar-refractivity contribution < 1.29 is 4.79 Å². The maximum atomic E-state index is 11.5. The van der Waals surface area contributed by atoms with Crippen molar-refractivity contribution in [1.29, 1.82) is 0 Å². The van der Waals surface area contributed by atoms with Crippen molar-refractivity contribution >= 4 is 33.7 Å². The summed E-state index contributed by atoms with van der Waals surface area (Å²) in [6.07, 6.45) is 1.15. The lowest BCUT2D eigenvalue weighted by molar-refractivity contribution is -0.116. The van der Waals surface area contributed by atoms with Crippen molar-refractivity contribution in [3.05, 3.63) is 22.4 Å². The third-order valence-corrected chi connectivity index (χ3v) is 4.13. The highest BCUT2D eigenvalue weighted by Gasteiger charge is 2.08. The van der Waals surface area contributed by atoms with E-state index < -0.39 is 0 Å². The van der Waals surface area contributed by atoms with E-state index in [9.17, 15) is 4.79 Å². The van der Waals surface area contributed by atoms with Crippen molar-refractivity contribution in [2.45, 2.75) is 19.8 Å². The summed E-state index contributed by atoms with van der Waals surface area (Å²) in [4.78, 5) is 18.3. The van der Waals surface area contributed by atoms with Gasteiger partial charge in [0.05, 0.1) is 10.6 Å². The van der Waals surface area contributed by atoms with Crippen molar-refractivity contribution in [3.8, 4) is 10.6 Å². The van der Waals surface area contributed by atoms with Crippen LogP contribution in [-0.4, -0.2) is 17.4 Å². The Bertz CT molecular complexity index is 533. The first-order valence-electron chi connectivity index (χ1n) is 5.71. The molecule has 2 aromatic rings. The molecular weight excluding hydrogens is 266 g/mol. The molecule has 0 bridgehead atoms. The minimum absolute atomic E-state index is 0.0243. The highest BCUT2D eigenvalue weighted by atomic mass is 32.1. The Balaban J connectivity index is 2.00. The van der Waals surface area contributed by atoms with E-state index in [1.165, 1.54) is 16.2 Å². The molecule has 0 aliphatic rings. The molecule has 0 fully saturated rings. The molecule has 0 saturated heterocycles. The van der Waals surface area contributed by atoms with Crippen LogP contribution in [-0.2, 0) is 4.79 Å². The molecule has 0 unspecified atom stereocenters. The standard InChI is InChI=1S/C12H15N3OS2/c1-8-4-5-10(18-8)9-7-17-12(14-9)15-11(16)3-2-6-13/h4-5,7H,2-3,6,13H2,1H3,(H,14,15,16). The number of nitrogens with one attached hydrogen (secondary N) is 1. The minimum Gasteiger partial charge on any atom is -0.330 e. The molecule has 0 atom stereocenters. The monoisotopic (exact) mass is 281 g/mol. The summed E-state index contributed by atoms with van der Waals surface area (Å²) in [6, 6.07) is 4.12. The van der Waals surface area contributed by atoms with Crippen LogP contribution >= 0.6 is 22.7 Å². The number of carbonyl (C=O) groups is 1. The van der Waals surface area contributed by atoms with Gasteiger partial charge in [0.15, 0.2) is 5.13 Å². The average molecular weight is 281 g/mol. The topological polar surface area (TPSA) is 68.0 Å². The number of amides is 1. The molecule has 0 spiro atoms. The van der Waals surface area contributed by atoms with Gasteiger partial charge in [-0.2, -0.15) is 0 Å². The second kappa shape index (κ2) is 6.08. The second-order valence-electron chi connectivity index (χ2n) is 3.89. The Morgan fingerprint density at radius 3 is 3.00 bits per heavy atom. The van der Waals surface area contributed by atoms with Gasteiger partial charge >= 0.3 is 0 Å². The molecule has 2 heterocycles. The number of hydrogen-bond donors (Lipinski definition) is 2. The number of thiophene rings is 1. The fraction of sp³-hybridized carbons (Fsp3) is 0.333. The van der Waals surface area contributed by atoms with Gasteiger partial charge in [-0.05, 0) is 32.0 Å². The number of carbonyl (C=O) groups excluding carboxylic acids is 1. The Morgan fingerprint density at radius 2 is 2.33 bits per heavy atom. The van der Waals surface area contributed by atoms with Crippen LogP contribution in [0, 0.1) is 6.92 Å². The predicted molar refractivity (Wildman–Crippen MR) is 77.1 cm³/mol.